The highest BCUT2D eigenvalue weighted by molar-refractivity contribution is 5.72. The lowest BCUT2D eigenvalue weighted by molar-refractivity contribution is -0.00328. The number of nitrogens with zero attached hydrogens (tertiary/aromatic N) is 3. The molecule has 7 nitrogen and oxygen atoms in total. The molecular formula is C37H45N3O4. The zero-order valence-electron chi connectivity index (χ0n) is 26.6. The van der Waals surface area contributed by atoms with E-state index in [1.807, 2.05) is 38.1 Å². The van der Waals surface area contributed by atoms with Crippen molar-refractivity contribution in [1.82, 2.24) is 15.0 Å². The van der Waals surface area contributed by atoms with Gasteiger partial charge in [-0.2, -0.15) is 0 Å². The number of hydrogen-bond acceptors (Lipinski definition) is 7. The summed E-state index contributed by atoms with van der Waals surface area (Å²) in [5.74, 6) is 3.27. The Morgan fingerprint density at radius 1 is 0.750 bits per heavy atom. The number of aliphatic hydroxyl groups excluding tert-OH is 1. The Labute approximate surface area is 261 Å². The number of aromatic hydroxyl groups is 1. The maximum atomic E-state index is 11.1. The lowest BCUT2D eigenvalue weighted by atomic mass is 9.98. The summed E-state index contributed by atoms with van der Waals surface area (Å²) >= 11 is 0. The Balaban J connectivity index is 1.32. The molecule has 7 heteroatoms. The van der Waals surface area contributed by atoms with Gasteiger partial charge in [-0.25, -0.2) is 15.0 Å². The van der Waals surface area contributed by atoms with E-state index in [1.54, 1.807) is 12.1 Å². The van der Waals surface area contributed by atoms with E-state index in [1.165, 1.54) is 38.2 Å². The van der Waals surface area contributed by atoms with Crippen LogP contribution in [0, 0.1) is 39.5 Å². The fourth-order valence-electron chi connectivity index (χ4n) is 5.74. The monoisotopic (exact) mass is 595 g/mol. The molecule has 4 aromatic rings. The van der Waals surface area contributed by atoms with Gasteiger partial charge in [-0.05, 0) is 82.1 Å². The van der Waals surface area contributed by atoms with Crippen molar-refractivity contribution < 1.29 is 19.7 Å². The van der Waals surface area contributed by atoms with E-state index in [0.717, 1.165) is 39.3 Å². The summed E-state index contributed by atoms with van der Waals surface area (Å²) < 4.78 is 11.7. The van der Waals surface area contributed by atoms with Crippen molar-refractivity contribution in [3.8, 4) is 45.7 Å². The van der Waals surface area contributed by atoms with Crippen LogP contribution in [0.15, 0.2) is 54.6 Å². The largest absolute Gasteiger partial charge is 0.507 e. The SMILES string of the molecule is CCCCC(COCC(O)COc1ccc(-c2nc(-c3ccc(C)cc3C)nc(-c3ccc(C)cc3C)n2)c(O)c1)C1CC1. The van der Waals surface area contributed by atoms with Crippen molar-refractivity contribution in [2.24, 2.45) is 11.8 Å². The fourth-order valence-corrected chi connectivity index (χ4v) is 5.74. The van der Waals surface area contributed by atoms with Crippen LogP contribution in [0.1, 0.15) is 61.3 Å². The highest BCUT2D eigenvalue weighted by Crippen LogP contribution is 2.39. The molecular weight excluding hydrogens is 550 g/mol. The molecule has 0 bridgehead atoms. The van der Waals surface area contributed by atoms with Gasteiger partial charge in [-0.1, -0.05) is 67.3 Å². The van der Waals surface area contributed by atoms with Gasteiger partial charge in [0.1, 0.15) is 24.2 Å². The standard InChI is InChI=1S/C37H45N3O4/c1-6-7-8-28(27-11-12-27)20-43-21-29(41)22-44-30-13-16-33(34(42)19-30)37-39-35(31-14-9-23(2)17-25(31)4)38-36(40-37)32-15-10-24(3)18-26(32)5/h9-10,13-19,27-29,41-42H,6-8,11-12,20-22H2,1-5H3. The van der Waals surface area contributed by atoms with Gasteiger partial charge in [0, 0.05) is 23.8 Å². The molecule has 2 N–H and O–H groups in total. The minimum absolute atomic E-state index is 0.0132. The van der Waals surface area contributed by atoms with Gasteiger partial charge in [0.25, 0.3) is 0 Å². The third-order valence-electron chi connectivity index (χ3n) is 8.39. The zero-order chi connectivity index (χ0) is 31.2. The van der Waals surface area contributed by atoms with Crippen molar-refractivity contribution in [2.45, 2.75) is 72.8 Å². The van der Waals surface area contributed by atoms with Crippen LogP contribution in [0.3, 0.4) is 0 Å². The number of aromatic nitrogens is 3. The number of ether oxygens (including phenoxy) is 2. The molecule has 44 heavy (non-hydrogen) atoms. The van der Waals surface area contributed by atoms with E-state index in [0.29, 0.717) is 41.3 Å². The summed E-state index contributed by atoms with van der Waals surface area (Å²) in [5, 5.41) is 21.6. The van der Waals surface area contributed by atoms with Crippen molar-refractivity contribution in [3.63, 3.8) is 0 Å². The second kappa shape index (κ2) is 14.3. The van der Waals surface area contributed by atoms with Gasteiger partial charge < -0.3 is 19.7 Å². The highest BCUT2D eigenvalue weighted by Gasteiger charge is 2.30. The van der Waals surface area contributed by atoms with Crippen LogP contribution in [0.2, 0.25) is 0 Å². The number of phenolic OH excluding ortho intramolecular Hbond substituents is 1. The van der Waals surface area contributed by atoms with Crippen LogP contribution in [0.5, 0.6) is 11.5 Å². The van der Waals surface area contributed by atoms with Crippen LogP contribution < -0.4 is 4.74 Å². The van der Waals surface area contributed by atoms with Crippen molar-refractivity contribution in [1.29, 1.82) is 0 Å². The fraction of sp³-hybridized carbons (Fsp3) is 0.432. The summed E-state index contributed by atoms with van der Waals surface area (Å²) in [6.07, 6.45) is 5.45. The first-order valence-electron chi connectivity index (χ1n) is 15.8. The minimum Gasteiger partial charge on any atom is -0.507 e. The Kier molecular flexibility index (Phi) is 10.3. The number of aliphatic hydroxyl groups is 1. The van der Waals surface area contributed by atoms with Gasteiger partial charge in [0.15, 0.2) is 17.5 Å². The molecule has 1 aliphatic rings. The molecule has 0 radical (unpaired) electrons. The zero-order valence-corrected chi connectivity index (χ0v) is 26.6. The van der Waals surface area contributed by atoms with Crippen LogP contribution in [-0.2, 0) is 4.74 Å². The summed E-state index contributed by atoms with van der Waals surface area (Å²) in [7, 11) is 0. The first-order chi connectivity index (χ1) is 21.2. The number of benzene rings is 3. The van der Waals surface area contributed by atoms with E-state index >= 15 is 0 Å². The van der Waals surface area contributed by atoms with Gasteiger partial charge >= 0.3 is 0 Å². The summed E-state index contributed by atoms with van der Waals surface area (Å²) in [6.45, 7) is 11.4. The van der Waals surface area contributed by atoms with E-state index in [2.05, 4.69) is 32.9 Å². The molecule has 232 valence electrons. The average Bonchev–Trinajstić information content (AvgIpc) is 3.83. The van der Waals surface area contributed by atoms with E-state index in [-0.39, 0.29) is 19.0 Å². The smallest absolute Gasteiger partial charge is 0.167 e. The topological polar surface area (TPSA) is 97.6 Å². The number of rotatable bonds is 14. The molecule has 3 aromatic carbocycles. The Morgan fingerprint density at radius 3 is 1.84 bits per heavy atom. The third kappa shape index (κ3) is 8.01. The van der Waals surface area contributed by atoms with Gasteiger partial charge in [0.05, 0.1) is 12.2 Å². The molecule has 1 aliphatic carbocycles. The molecule has 2 unspecified atom stereocenters. The van der Waals surface area contributed by atoms with Crippen LogP contribution >= 0.6 is 0 Å². The first-order valence-corrected chi connectivity index (χ1v) is 15.8. The van der Waals surface area contributed by atoms with E-state index in [9.17, 15) is 10.2 Å². The van der Waals surface area contributed by atoms with Crippen molar-refractivity contribution >= 4 is 0 Å². The quantitative estimate of drug-likeness (QED) is 0.154. The molecule has 1 aromatic heterocycles. The Bertz CT molecular complexity index is 1510. The molecule has 0 spiro atoms. The lowest BCUT2D eigenvalue weighted by Crippen LogP contribution is -2.25. The lowest BCUT2D eigenvalue weighted by Gasteiger charge is -2.18. The summed E-state index contributed by atoms with van der Waals surface area (Å²) in [5.41, 5.74) is 6.74. The van der Waals surface area contributed by atoms with Crippen molar-refractivity contribution in [3.05, 3.63) is 76.9 Å². The normalized spacial score (nSPS) is 14.4. The average molecular weight is 596 g/mol. The van der Waals surface area contributed by atoms with Crippen LogP contribution in [0.25, 0.3) is 34.2 Å². The van der Waals surface area contributed by atoms with Crippen LogP contribution in [0.4, 0.5) is 0 Å². The van der Waals surface area contributed by atoms with Crippen molar-refractivity contribution in [2.75, 3.05) is 19.8 Å². The van der Waals surface area contributed by atoms with E-state index < -0.39 is 6.10 Å². The van der Waals surface area contributed by atoms with Gasteiger partial charge in [-0.15, -0.1) is 0 Å². The third-order valence-corrected chi connectivity index (χ3v) is 8.39. The number of unbranched alkanes of at least 4 members (excludes halogenated alkanes) is 1. The summed E-state index contributed by atoms with van der Waals surface area (Å²) in [6, 6.07) is 17.4. The second-order valence-corrected chi connectivity index (χ2v) is 12.4. The highest BCUT2D eigenvalue weighted by atomic mass is 16.5. The number of hydrogen-bond donors (Lipinski definition) is 2. The predicted octanol–water partition coefficient (Wildman–Crippen LogP) is 7.78. The maximum absolute atomic E-state index is 11.1. The van der Waals surface area contributed by atoms with Gasteiger partial charge in [-0.3, -0.25) is 0 Å². The Morgan fingerprint density at radius 2 is 1.32 bits per heavy atom. The van der Waals surface area contributed by atoms with Crippen LogP contribution in [-0.4, -0.2) is 51.1 Å². The van der Waals surface area contributed by atoms with Gasteiger partial charge in [0.2, 0.25) is 0 Å². The molecule has 5 rings (SSSR count). The molecule has 1 fully saturated rings. The molecule has 1 heterocycles. The molecule has 2 atom stereocenters. The minimum atomic E-state index is -0.757. The second-order valence-electron chi connectivity index (χ2n) is 12.4. The summed E-state index contributed by atoms with van der Waals surface area (Å²) in [4.78, 5) is 14.5. The Hall–Kier alpha value is -3.81. The first kappa shape index (κ1) is 31.6. The predicted molar refractivity (Wildman–Crippen MR) is 175 cm³/mol. The maximum Gasteiger partial charge on any atom is 0.167 e. The number of phenols is 1. The molecule has 0 amide bonds. The van der Waals surface area contributed by atoms with E-state index in [4.69, 9.17) is 24.4 Å². The number of aryl methyl sites for hydroxylation is 4. The molecule has 1 saturated carbocycles. The molecule has 0 aliphatic heterocycles. The molecule has 0 saturated heterocycles.